The predicted molar refractivity (Wildman–Crippen MR) is 112 cm³/mol. The topological polar surface area (TPSA) is 21.3 Å². The lowest BCUT2D eigenvalue weighted by Crippen LogP contribution is -2.30. The highest BCUT2D eigenvalue weighted by molar-refractivity contribution is 5.87. The summed E-state index contributed by atoms with van der Waals surface area (Å²) < 4.78 is 6.23. The molecule has 0 aromatic heterocycles. The van der Waals surface area contributed by atoms with E-state index >= 15 is 0 Å². The van der Waals surface area contributed by atoms with Crippen LogP contribution in [0.3, 0.4) is 0 Å². The van der Waals surface area contributed by atoms with Gasteiger partial charge < -0.3 is 10.1 Å². The Morgan fingerprint density at radius 1 is 0.923 bits per heavy atom. The zero-order valence-corrected chi connectivity index (χ0v) is 16.4. The van der Waals surface area contributed by atoms with Gasteiger partial charge >= 0.3 is 0 Å². The van der Waals surface area contributed by atoms with E-state index < -0.39 is 0 Å². The van der Waals surface area contributed by atoms with E-state index in [1.807, 2.05) is 0 Å². The lowest BCUT2D eigenvalue weighted by molar-refractivity contribution is 0.299. The van der Waals surface area contributed by atoms with Gasteiger partial charge in [-0.3, -0.25) is 0 Å². The number of nitrogens with one attached hydrogen (secondary N) is 1. The zero-order chi connectivity index (χ0) is 18.0. The van der Waals surface area contributed by atoms with Gasteiger partial charge in [0.1, 0.15) is 5.75 Å². The molecule has 1 saturated carbocycles. The van der Waals surface area contributed by atoms with Crippen LogP contribution < -0.4 is 10.1 Å². The number of hydrogen-bond donors (Lipinski definition) is 1. The Hall–Kier alpha value is -1.54. The van der Waals surface area contributed by atoms with Crippen molar-refractivity contribution in [1.29, 1.82) is 0 Å². The predicted octanol–water partition coefficient (Wildman–Crippen LogP) is 6.61. The first kappa shape index (κ1) is 19.2. The van der Waals surface area contributed by atoms with Crippen LogP contribution in [0.15, 0.2) is 36.4 Å². The van der Waals surface area contributed by atoms with Crippen molar-refractivity contribution in [2.24, 2.45) is 0 Å². The van der Waals surface area contributed by atoms with Crippen molar-refractivity contribution in [3.63, 3.8) is 0 Å². The minimum atomic E-state index is 0.671. The SMILES string of the molecule is CCCCCCCOc1ccc2ccccc2c1CNC1CCCCC1. The van der Waals surface area contributed by atoms with E-state index in [4.69, 9.17) is 4.74 Å². The lowest BCUT2D eigenvalue weighted by Gasteiger charge is -2.24. The molecule has 2 aromatic rings. The first-order chi connectivity index (χ1) is 12.9. The van der Waals surface area contributed by atoms with Gasteiger partial charge in [-0.05, 0) is 36.1 Å². The second-order valence-electron chi connectivity index (χ2n) is 7.74. The maximum atomic E-state index is 6.23. The van der Waals surface area contributed by atoms with Gasteiger partial charge in [0.25, 0.3) is 0 Å². The standard InChI is InChI=1S/C24H35NO/c1-2-3-4-5-11-18-26-24-17-16-20-12-9-10-15-22(20)23(24)19-25-21-13-7-6-8-14-21/h9-10,12,15-17,21,25H,2-8,11,13-14,18-19H2,1H3. The molecule has 0 radical (unpaired) electrons. The number of ether oxygens (including phenoxy) is 1. The van der Waals surface area contributed by atoms with Gasteiger partial charge in [0.15, 0.2) is 0 Å². The van der Waals surface area contributed by atoms with Crippen molar-refractivity contribution in [1.82, 2.24) is 5.32 Å². The van der Waals surface area contributed by atoms with Crippen LogP contribution in [0.4, 0.5) is 0 Å². The molecular formula is C24H35NO. The van der Waals surface area contributed by atoms with Gasteiger partial charge in [-0.2, -0.15) is 0 Å². The average Bonchev–Trinajstić information content (AvgIpc) is 2.70. The fraction of sp³-hybridized carbons (Fsp3) is 0.583. The van der Waals surface area contributed by atoms with Crippen LogP contribution in [0.5, 0.6) is 5.75 Å². The van der Waals surface area contributed by atoms with Crippen molar-refractivity contribution in [2.45, 2.75) is 83.7 Å². The smallest absolute Gasteiger partial charge is 0.124 e. The van der Waals surface area contributed by atoms with Crippen LogP contribution in [0.25, 0.3) is 10.8 Å². The second-order valence-corrected chi connectivity index (χ2v) is 7.74. The molecule has 0 atom stereocenters. The molecule has 2 nitrogen and oxygen atoms in total. The molecule has 0 spiro atoms. The van der Waals surface area contributed by atoms with E-state index in [0.29, 0.717) is 6.04 Å². The Balaban J connectivity index is 1.65. The lowest BCUT2D eigenvalue weighted by atomic mass is 9.95. The van der Waals surface area contributed by atoms with E-state index in [2.05, 4.69) is 48.6 Å². The first-order valence-electron chi connectivity index (χ1n) is 10.8. The Morgan fingerprint density at radius 2 is 1.73 bits per heavy atom. The molecule has 26 heavy (non-hydrogen) atoms. The van der Waals surface area contributed by atoms with Crippen LogP contribution in [0.1, 0.15) is 76.7 Å². The molecule has 1 N–H and O–H groups in total. The third-order valence-electron chi connectivity index (χ3n) is 5.68. The van der Waals surface area contributed by atoms with E-state index in [1.165, 1.54) is 74.1 Å². The van der Waals surface area contributed by atoms with E-state index in [0.717, 1.165) is 25.3 Å². The van der Waals surface area contributed by atoms with Crippen LogP contribution in [0, 0.1) is 0 Å². The third kappa shape index (κ3) is 5.48. The molecule has 1 aliphatic carbocycles. The van der Waals surface area contributed by atoms with Crippen LogP contribution >= 0.6 is 0 Å². The van der Waals surface area contributed by atoms with E-state index in [-0.39, 0.29) is 0 Å². The highest BCUT2D eigenvalue weighted by Crippen LogP contribution is 2.29. The van der Waals surface area contributed by atoms with Crippen LogP contribution in [-0.4, -0.2) is 12.6 Å². The Labute approximate surface area is 159 Å². The summed E-state index contributed by atoms with van der Waals surface area (Å²) in [7, 11) is 0. The monoisotopic (exact) mass is 353 g/mol. The highest BCUT2D eigenvalue weighted by Gasteiger charge is 2.15. The molecule has 0 unspecified atom stereocenters. The van der Waals surface area contributed by atoms with Gasteiger partial charge in [0.2, 0.25) is 0 Å². The summed E-state index contributed by atoms with van der Waals surface area (Å²) in [6.45, 7) is 4.01. The van der Waals surface area contributed by atoms with Gasteiger partial charge in [0.05, 0.1) is 6.61 Å². The molecular weight excluding hydrogens is 318 g/mol. The molecule has 0 aliphatic heterocycles. The number of fused-ring (bicyclic) bond motifs is 1. The maximum absolute atomic E-state index is 6.23. The van der Waals surface area contributed by atoms with Gasteiger partial charge in [-0.1, -0.05) is 82.2 Å². The number of benzene rings is 2. The van der Waals surface area contributed by atoms with Crippen LogP contribution in [-0.2, 0) is 6.54 Å². The molecule has 2 aromatic carbocycles. The molecule has 0 saturated heterocycles. The number of unbranched alkanes of at least 4 members (excludes halogenated alkanes) is 4. The second kappa shape index (κ2) is 10.6. The summed E-state index contributed by atoms with van der Waals surface area (Å²) in [6, 6.07) is 13.7. The quantitative estimate of drug-likeness (QED) is 0.485. The first-order valence-corrected chi connectivity index (χ1v) is 10.8. The highest BCUT2D eigenvalue weighted by atomic mass is 16.5. The van der Waals surface area contributed by atoms with Crippen molar-refractivity contribution in [2.75, 3.05) is 6.61 Å². The molecule has 2 heteroatoms. The number of hydrogen-bond acceptors (Lipinski definition) is 2. The molecule has 1 aliphatic rings. The largest absolute Gasteiger partial charge is 0.493 e. The van der Waals surface area contributed by atoms with Crippen molar-refractivity contribution in [3.8, 4) is 5.75 Å². The van der Waals surface area contributed by atoms with Gasteiger partial charge in [-0.15, -0.1) is 0 Å². The summed E-state index contributed by atoms with van der Waals surface area (Å²) >= 11 is 0. The molecule has 0 bridgehead atoms. The minimum absolute atomic E-state index is 0.671. The summed E-state index contributed by atoms with van der Waals surface area (Å²) in [5.74, 6) is 1.07. The van der Waals surface area contributed by atoms with Crippen molar-refractivity contribution in [3.05, 3.63) is 42.0 Å². The fourth-order valence-corrected chi connectivity index (χ4v) is 4.07. The Bertz CT molecular complexity index is 660. The Kier molecular flexibility index (Phi) is 7.82. The van der Waals surface area contributed by atoms with E-state index in [1.54, 1.807) is 0 Å². The molecule has 142 valence electrons. The summed E-state index contributed by atoms with van der Waals surface area (Å²) in [5.41, 5.74) is 1.34. The molecule has 3 rings (SSSR count). The van der Waals surface area contributed by atoms with E-state index in [9.17, 15) is 0 Å². The summed E-state index contributed by atoms with van der Waals surface area (Å²) in [6.07, 6.45) is 13.2. The summed E-state index contributed by atoms with van der Waals surface area (Å²) in [4.78, 5) is 0. The summed E-state index contributed by atoms with van der Waals surface area (Å²) in [5, 5.41) is 6.45. The van der Waals surface area contributed by atoms with Gasteiger partial charge in [-0.25, -0.2) is 0 Å². The normalized spacial score (nSPS) is 15.4. The molecule has 0 heterocycles. The third-order valence-corrected chi connectivity index (χ3v) is 5.68. The minimum Gasteiger partial charge on any atom is -0.493 e. The average molecular weight is 354 g/mol. The molecule has 1 fully saturated rings. The Morgan fingerprint density at radius 3 is 2.58 bits per heavy atom. The van der Waals surface area contributed by atoms with Gasteiger partial charge in [0, 0.05) is 18.2 Å². The van der Waals surface area contributed by atoms with Crippen molar-refractivity contribution < 1.29 is 4.74 Å². The van der Waals surface area contributed by atoms with Crippen molar-refractivity contribution >= 4 is 10.8 Å². The zero-order valence-electron chi connectivity index (χ0n) is 16.4. The molecule has 0 amide bonds. The fourth-order valence-electron chi connectivity index (χ4n) is 4.07. The maximum Gasteiger partial charge on any atom is 0.124 e. The number of rotatable bonds is 10. The van der Waals surface area contributed by atoms with Crippen LogP contribution in [0.2, 0.25) is 0 Å².